The van der Waals surface area contributed by atoms with Crippen LogP contribution >= 0.6 is 0 Å². The molecule has 3 aromatic rings. The van der Waals surface area contributed by atoms with Crippen LogP contribution in [0, 0.1) is 12.7 Å². The van der Waals surface area contributed by atoms with Crippen molar-refractivity contribution >= 4 is 16.7 Å². The standard InChI is InChI=1S/C18H17FN2O/c1-12-4-2-3-5-13(12)10-20-11-18(22)17-9-14-8-15(19)6-7-16(14)21-17/h2-9,20-21H,10-11H2,1H3. The van der Waals surface area contributed by atoms with Crippen LogP contribution in [-0.4, -0.2) is 17.3 Å². The summed E-state index contributed by atoms with van der Waals surface area (Å²) in [6, 6.07) is 14.2. The van der Waals surface area contributed by atoms with Crippen LogP contribution in [0.4, 0.5) is 4.39 Å². The minimum atomic E-state index is -0.303. The van der Waals surface area contributed by atoms with Crippen molar-refractivity contribution in [2.45, 2.75) is 13.5 Å². The minimum Gasteiger partial charge on any atom is -0.352 e. The van der Waals surface area contributed by atoms with Gasteiger partial charge in [0.1, 0.15) is 5.82 Å². The van der Waals surface area contributed by atoms with Crippen molar-refractivity contribution in [2.75, 3.05) is 6.54 Å². The average molecular weight is 296 g/mol. The molecule has 0 saturated heterocycles. The van der Waals surface area contributed by atoms with Crippen molar-refractivity contribution in [3.63, 3.8) is 0 Å². The summed E-state index contributed by atoms with van der Waals surface area (Å²) in [7, 11) is 0. The fourth-order valence-corrected chi connectivity index (χ4v) is 2.47. The van der Waals surface area contributed by atoms with E-state index in [1.165, 1.54) is 23.3 Å². The third kappa shape index (κ3) is 3.07. The molecule has 112 valence electrons. The lowest BCUT2D eigenvalue weighted by atomic mass is 10.1. The van der Waals surface area contributed by atoms with Crippen LogP contribution in [0.25, 0.3) is 10.9 Å². The molecule has 0 aliphatic heterocycles. The molecule has 1 aromatic heterocycles. The van der Waals surface area contributed by atoms with Gasteiger partial charge in [0.25, 0.3) is 0 Å². The predicted octanol–water partition coefficient (Wildman–Crippen LogP) is 3.59. The molecule has 0 spiro atoms. The molecule has 3 nitrogen and oxygen atoms in total. The van der Waals surface area contributed by atoms with E-state index in [4.69, 9.17) is 0 Å². The van der Waals surface area contributed by atoms with Crippen molar-refractivity contribution in [3.8, 4) is 0 Å². The number of Topliss-reactive ketones (excluding diaryl/α,β-unsaturated/α-hetero) is 1. The molecule has 0 unspecified atom stereocenters. The van der Waals surface area contributed by atoms with Crippen molar-refractivity contribution < 1.29 is 9.18 Å². The molecule has 2 aromatic carbocycles. The molecule has 0 atom stereocenters. The smallest absolute Gasteiger partial charge is 0.192 e. The summed E-state index contributed by atoms with van der Waals surface area (Å²) in [5.74, 6) is -0.339. The third-order valence-electron chi connectivity index (χ3n) is 3.75. The van der Waals surface area contributed by atoms with E-state index < -0.39 is 0 Å². The lowest BCUT2D eigenvalue weighted by molar-refractivity contribution is 0.0987. The van der Waals surface area contributed by atoms with Gasteiger partial charge in [-0.25, -0.2) is 4.39 Å². The number of aryl methyl sites for hydroxylation is 1. The number of rotatable bonds is 5. The number of fused-ring (bicyclic) bond motifs is 1. The van der Waals surface area contributed by atoms with Gasteiger partial charge in [0, 0.05) is 17.4 Å². The number of carbonyl (C=O) groups is 1. The summed E-state index contributed by atoms with van der Waals surface area (Å²) < 4.78 is 13.2. The molecule has 22 heavy (non-hydrogen) atoms. The zero-order valence-electron chi connectivity index (χ0n) is 12.3. The van der Waals surface area contributed by atoms with Crippen molar-refractivity contribution in [3.05, 3.63) is 71.2 Å². The Balaban J connectivity index is 1.65. The van der Waals surface area contributed by atoms with Gasteiger partial charge in [-0.3, -0.25) is 4.79 Å². The summed E-state index contributed by atoms with van der Waals surface area (Å²) >= 11 is 0. The lowest BCUT2D eigenvalue weighted by Crippen LogP contribution is -2.23. The molecule has 0 bridgehead atoms. The Kier molecular flexibility index (Phi) is 4.02. The second-order valence-electron chi connectivity index (χ2n) is 5.37. The Morgan fingerprint density at radius 2 is 2.00 bits per heavy atom. The first kappa shape index (κ1) is 14.5. The third-order valence-corrected chi connectivity index (χ3v) is 3.75. The van der Waals surface area contributed by atoms with Crippen molar-refractivity contribution in [1.82, 2.24) is 10.3 Å². The molecule has 4 heteroatoms. The van der Waals surface area contributed by atoms with E-state index in [0.29, 0.717) is 17.6 Å². The molecule has 0 aliphatic rings. The molecule has 0 fully saturated rings. The van der Waals surface area contributed by atoms with Gasteiger partial charge < -0.3 is 10.3 Å². The molecule has 3 rings (SSSR count). The molecule has 1 heterocycles. The number of hydrogen-bond donors (Lipinski definition) is 2. The highest BCUT2D eigenvalue weighted by Gasteiger charge is 2.10. The Hall–Kier alpha value is -2.46. The Morgan fingerprint density at radius 1 is 1.18 bits per heavy atom. The highest BCUT2D eigenvalue weighted by atomic mass is 19.1. The van der Waals surface area contributed by atoms with E-state index >= 15 is 0 Å². The van der Waals surface area contributed by atoms with Gasteiger partial charge in [-0.2, -0.15) is 0 Å². The summed E-state index contributed by atoms with van der Waals surface area (Å²) in [5.41, 5.74) is 3.64. The average Bonchev–Trinajstić information content (AvgIpc) is 2.92. The van der Waals surface area contributed by atoms with Crippen LogP contribution in [0.3, 0.4) is 0 Å². The second-order valence-corrected chi connectivity index (χ2v) is 5.37. The number of carbonyl (C=O) groups excluding carboxylic acids is 1. The molecular weight excluding hydrogens is 279 g/mol. The van der Waals surface area contributed by atoms with E-state index in [9.17, 15) is 9.18 Å². The van der Waals surface area contributed by atoms with Gasteiger partial charge in [0.2, 0.25) is 0 Å². The Labute approximate surface area is 128 Å². The predicted molar refractivity (Wildman–Crippen MR) is 85.5 cm³/mol. The van der Waals surface area contributed by atoms with Crippen LogP contribution in [0.1, 0.15) is 21.6 Å². The van der Waals surface area contributed by atoms with Gasteiger partial charge in [0.15, 0.2) is 5.78 Å². The zero-order chi connectivity index (χ0) is 15.5. The minimum absolute atomic E-state index is 0.0369. The maximum atomic E-state index is 13.2. The SMILES string of the molecule is Cc1ccccc1CNCC(=O)c1cc2cc(F)ccc2[nH]1. The number of halogens is 1. The normalized spacial score (nSPS) is 11.0. The molecule has 0 amide bonds. The molecule has 2 N–H and O–H groups in total. The number of H-pyrrole nitrogens is 1. The zero-order valence-corrected chi connectivity index (χ0v) is 12.3. The fraction of sp³-hybridized carbons (Fsp3) is 0.167. The first-order chi connectivity index (χ1) is 10.6. The van der Waals surface area contributed by atoms with Gasteiger partial charge >= 0.3 is 0 Å². The van der Waals surface area contributed by atoms with Crippen LogP contribution in [0.5, 0.6) is 0 Å². The summed E-state index contributed by atoms with van der Waals surface area (Å²) in [6.07, 6.45) is 0. The highest BCUT2D eigenvalue weighted by Crippen LogP contribution is 2.17. The summed E-state index contributed by atoms with van der Waals surface area (Å²) in [4.78, 5) is 15.2. The van der Waals surface area contributed by atoms with Gasteiger partial charge in [-0.1, -0.05) is 24.3 Å². The van der Waals surface area contributed by atoms with Crippen molar-refractivity contribution in [2.24, 2.45) is 0 Å². The molecule has 0 aliphatic carbocycles. The Bertz CT molecular complexity index is 823. The van der Waals surface area contributed by atoms with Crippen LogP contribution in [0.15, 0.2) is 48.5 Å². The van der Waals surface area contributed by atoms with E-state index in [1.54, 1.807) is 12.1 Å². The van der Waals surface area contributed by atoms with Crippen LogP contribution < -0.4 is 5.32 Å². The number of nitrogens with one attached hydrogen (secondary N) is 2. The fourth-order valence-electron chi connectivity index (χ4n) is 2.47. The molecule has 0 saturated carbocycles. The maximum Gasteiger partial charge on any atom is 0.192 e. The molecular formula is C18H17FN2O. The highest BCUT2D eigenvalue weighted by molar-refractivity contribution is 6.00. The Morgan fingerprint density at radius 3 is 2.82 bits per heavy atom. The van der Waals surface area contributed by atoms with E-state index in [1.807, 2.05) is 31.2 Å². The summed E-state index contributed by atoms with van der Waals surface area (Å²) in [5, 5.41) is 3.86. The maximum absolute atomic E-state index is 13.2. The van der Waals surface area contributed by atoms with Gasteiger partial charge in [0.05, 0.1) is 12.2 Å². The van der Waals surface area contributed by atoms with Crippen LogP contribution in [0.2, 0.25) is 0 Å². The number of benzene rings is 2. The van der Waals surface area contributed by atoms with Gasteiger partial charge in [-0.15, -0.1) is 0 Å². The topological polar surface area (TPSA) is 44.9 Å². The number of ketones is 1. The number of hydrogen-bond acceptors (Lipinski definition) is 2. The van der Waals surface area contributed by atoms with Gasteiger partial charge in [-0.05, 0) is 42.3 Å². The second kappa shape index (κ2) is 6.12. The van der Waals surface area contributed by atoms with Crippen molar-refractivity contribution in [1.29, 1.82) is 0 Å². The van der Waals surface area contributed by atoms with E-state index in [-0.39, 0.29) is 18.1 Å². The largest absolute Gasteiger partial charge is 0.352 e. The first-order valence-electron chi connectivity index (χ1n) is 7.20. The van der Waals surface area contributed by atoms with Crippen LogP contribution in [-0.2, 0) is 6.54 Å². The molecule has 0 radical (unpaired) electrons. The number of aromatic nitrogens is 1. The van der Waals surface area contributed by atoms with E-state index in [2.05, 4.69) is 10.3 Å². The lowest BCUT2D eigenvalue weighted by Gasteiger charge is -2.06. The monoisotopic (exact) mass is 296 g/mol. The van der Waals surface area contributed by atoms with E-state index in [0.717, 1.165) is 5.52 Å². The first-order valence-corrected chi connectivity index (χ1v) is 7.20. The summed E-state index contributed by atoms with van der Waals surface area (Å²) in [6.45, 7) is 2.93. The quantitative estimate of drug-likeness (QED) is 0.707. The number of aromatic amines is 1.